The fourth-order valence-electron chi connectivity index (χ4n) is 4.71. The number of fused-ring (bicyclic) bond motifs is 3. The first-order chi connectivity index (χ1) is 11.7. The van der Waals surface area contributed by atoms with Gasteiger partial charge in [0.25, 0.3) is 0 Å². The van der Waals surface area contributed by atoms with Gasteiger partial charge in [-0.25, -0.2) is 0 Å². The van der Waals surface area contributed by atoms with E-state index in [0.717, 1.165) is 6.42 Å². The molecule has 0 saturated carbocycles. The molecule has 3 aromatic carbocycles. The molecule has 0 amide bonds. The van der Waals surface area contributed by atoms with Crippen molar-refractivity contribution in [1.29, 1.82) is 0 Å². The monoisotopic (exact) mass is 308 g/mol. The maximum atomic E-state index is 2.40. The first-order valence-corrected chi connectivity index (χ1v) is 8.69. The topological polar surface area (TPSA) is 0 Å². The molecule has 0 aliphatic heterocycles. The second-order valence-corrected chi connectivity index (χ2v) is 7.15. The van der Waals surface area contributed by atoms with Crippen molar-refractivity contribution in [2.75, 3.05) is 0 Å². The Morgan fingerprint density at radius 2 is 1.62 bits per heavy atom. The van der Waals surface area contributed by atoms with Gasteiger partial charge in [-0.15, -0.1) is 0 Å². The van der Waals surface area contributed by atoms with Gasteiger partial charge in [0, 0.05) is 0 Å². The number of hydrogen-bond donors (Lipinski definition) is 0. The van der Waals surface area contributed by atoms with Crippen LogP contribution in [0.25, 0.3) is 17.2 Å². The van der Waals surface area contributed by atoms with Crippen molar-refractivity contribution in [2.24, 2.45) is 0 Å². The van der Waals surface area contributed by atoms with Crippen molar-refractivity contribution in [2.45, 2.75) is 25.7 Å². The van der Waals surface area contributed by atoms with Crippen LogP contribution >= 0.6 is 0 Å². The van der Waals surface area contributed by atoms with Gasteiger partial charge in [-0.05, 0) is 59.2 Å². The van der Waals surface area contributed by atoms with Crippen LogP contribution in [0.3, 0.4) is 0 Å². The molecule has 1 unspecified atom stereocenters. The van der Waals surface area contributed by atoms with Crippen LogP contribution in [0.5, 0.6) is 0 Å². The zero-order chi connectivity index (χ0) is 16.3. The fourth-order valence-corrected chi connectivity index (χ4v) is 4.71. The van der Waals surface area contributed by atoms with Crippen molar-refractivity contribution < 1.29 is 0 Å². The molecule has 0 aromatic heterocycles. The van der Waals surface area contributed by atoms with E-state index < -0.39 is 0 Å². The Labute approximate surface area is 143 Å². The number of aryl methyl sites for hydroxylation is 2. The minimum Gasteiger partial charge on any atom is -0.0824 e. The summed E-state index contributed by atoms with van der Waals surface area (Å²) >= 11 is 0. The predicted octanol–water partition coefficient (Wildman–Crippen LogP) is 6.04. The van der Waals surface area contributed by atoms with Crippen LogP contribution in [-0.2, 0) is 5.41 Å². The summed E-state index contributed by atoms with van der Waals surface area (Å²) in [6.45, 7) is 4.43. The zero-order valence-electron chi connectivity index (χ0n) is 14.1. The Bertz CT molecular complexity index is 992. The Balaban J connectivity index is 1.97. The normalized spacial score (nSPS) is 19.9. The SMILES string of the molecule is Cc1ccc2c(c1)C1(c3ccccc3)CC=Cc3c(C)ccc-2c31. The van der Waals surface area contributed by atoms with E-state index in [4.69, 9.17) is 0 Å². The maximum absolute atomic E-state index is 2.40. The summed E-state index contributed by atoms with van der Waals surface area (Å²) in [4.78, 5) is 0. The van der Waals surface area contributed by atoms with Crippen LogP contribution in [0.2, 0.25) is 0 Å². The average Bonchev–Trinajstić information content (AvgIpc) is 2.91. The molecule has 24 heavy (non-hydrogen) atoms. The van der Waals surface area contributed by atoms with E-state index in [-0.39, 0.29) is 5.41 Å². The molecule has 0 heterocycles. The molecule has 5 rings (SSSR count). The third kappa shape index (κ3) is 1.58. The smallest absolute Gasteiger partial charge is 0.0504 e. The lowest BCUT2D eigenvalue weighted by Crippen LogP contribution is -2.29. The average molecular weight is 308 g/mol. The lowest BCUT2D eigenvalue weighted by molar-refractivity contribution is 0.637. The highest BCUT2D eigenvalue weighted by atomic mass is 14.5. The van der Waals surface area contributed by atoms with Crippen LogP contribution in [0.1, 0.15) is 39.8 Å². The summed E-state index contributed by atoms with van der Waals surface area (Å²) in [5, 5.41) is 0. The quantitative estimate of drug-likeness (QED) is 0.514. The van der Waals surface area contributed by atoms with Crippen LogP contribution in [-0.4, -0.2) is 0 Å². The number of rotatable bonds is 1. The summed E-state index contributed by atoms with van der Waals surface area (Å²) in [5.74, 6) is 0. The molecular formula is C24H20. The van der Waals surface area contributed by atoms with Gasteiger partial charge < -0.3 is 0 Å². The van der Waals surface area contributed by atoms with Crippen molar-refractivity contribution in [3.63, 3.8) is 0 Å². The number of allylic oxidation sites excluding steroid dienone is 1. The summed E-state index contributed by atoms with van der Waals surface area (Å²) in [6.07, 6.45) is 5.73. The first-order valence-electron chi connectivity index (χ1n) is 8.69. The highest BCUT2D eigenvalue weighted by Gasteiger charge is 2.46. The third-order valence-corrected chi connectivity index (χ3v) is 5.79. The Kier molecular flexibility index (Phi) is 2.71. The number of benzene rings is 3. The van der Waals surface area contributed by atoms with Gasteiger partial charge in [0.15, 0.2) is 0 Å². The van der Waals surface area contributed by atoms with Gasteiger partial charge in [0.1, 0.15) is 0 Å². The zero-order valence-corrected chi connectivity index (χ0v) is 14.1. The third-order valence-electron chi connectivity index (χ3n) is 5.79. The largest absolute Gasteiger partial charge is 0.0824 e. The minimum absolute atomic E-state index is 0.0337. The minimum atomic E-state index is -0.0337. The Hall–Kier alpha value is -2.60. The lowest BCUT2D eigenvalue weighted by atomic mass is 9.66. The van der Waals surface area contributed by atoms with E-state index >= 15 is 0 Å². The first kappa shape index (κ1) is 13.8. The van der Waals surface area contributed by atoms with Crippen molar-refractivity contribution in [3.8, 4) is 11.1 Å². The van der Waals surface area contributed by atoms with Gasteiger partial charge >= 0.3 is 0 Å². The molecule has 0 radical (unpaired) electrons. The Morgan fingerprint density at radius 3 is 2.46 bits per heavy atom. The van der Waals surface area contributed by atoms with E-state index in [0.29, 0.717) is 0 Å². The van der Waals surface area contributed by atoms with Crippen molar-refractivity contribution in [3.05, 3.63) is 100 Å². The highest BCUT2D eigenvalue weighted by Crippen LogP contribution is 2.58. The van der Waals surface area contributed by atoms with E-state index in [9.17, 15) is 0 Å². The molecule has 1 atom stereocenters. The molecule has 0 nitrogen and oxygen atoms in total. The van der Waals surface area contributed by atoms with Gasteiger partial charge in [0.05, 0.1) is 5.41 Å². The van der Waals surface area contributed by atoms with E-state index in [2.05, 4.69) is 86.7 Å². The van der Waals surface area contributed by atoms with Crippen LogP contribution in [0.4, 0.5) is 0 Å². The predicted molar refractivity (Wildman–Crippen MR) is 101 cm³/mol. The maximum Gasteiger partial charge on any atom is 0.0504 e. The summed E-state index contributed by atoms with van der Waals surface area (Å²) in [7, 11) is 0. The molecule has 0 spiro atoms. The van der Waals surface area contributed by atoms with Crippen molar-refractivity contribution >= 4 is 6.08 Å². The van der Waals surface area contributed by atoms with Gasteiger partial charge in [-0.1, -0.05) is 78.4 Å². The molecule has 0 N–H and O–H groups in total. The van der Waals surface area contributed by atoms with Gasteiger partial charge in [0.2, 0.25) is 0 Å². The summed E-state index contributed by atoms with van der Waals surface area (Å²) in [5.41, 5.74) is 11.3. The molecule has 116 valence electrons. The Morgan fingerprint density at radius 1 is 0.833 bits per heavy atom. The molecule has 3 aromatic rings. The highest BCUT2D eigenvalue weighted by molar-refractivity contribution is 5.89. The lowest BCUT2D eigenvalue weighted by Gasteiger charge is -2.36. The van der Waals surface area contributed by atoms with Crippen LogP contribution in [0, 0.1) is 13.8 Å². The van der Waals surface area contributed by atoms with E-state index in [1.54, 1.807) is 0 Å². The second-order valence-electron chi connectivity index (χ2n) is 7.15. The van der Waals surface area contributed by atoms with E-state index in [1.165, 1.54) is 44.5 Å². The molecular weight excluding hydrogens is 288 g/mol. The summed E-state index contributed by atoms with van der Waals surface area (Å²) in [6, 6.07) is 22.6. The second kappa shape index (κ2) is 4.70. The molecule has 0 fully saturated rings. The standard InChI is InChI=1S/C24H20/c1-16-10-12-20-21-13-11-17(2)19-9-6-14-24(23(19)21,22(20)15-16)18-7-4-3-5-8-18/h3-13,15H,14H2,1-2H3. The number of hydrogen-bond acceptors (Lipinski definition) is 0. The molecule has 0 bridgehead atoms. The van der Waals surface area contributed by atoms with E-state index in [1.807, 2.05) is 0 Å². The van der Waals surface area contributed by atoms with Crippen LogP contribution < -0.4 is 0 Å². The molecule has 2 aliphatic rings. The molecule has 2 aliphatic carbocycles. The van der Waals surface area contributed by atoms with Crippen LogP contribution in [0.15, 0.2) is 66.7 Å². The molecule has 0 heteroatoms. The fraction of sp³-hybridized carbons (Fsp3) is 0.167. The van der Waals surface area contributed by atoms with Gasteiger partial charge in [-0.2, -0.15) is 0 Å². The summed E-state index contributed by atoms with van der Waals surface area (Å²) < 4.78 is 0. The van der Waals surface area contributed by atoms with Crippen molar-refractivity contribution in [1.82, 2.24) is 0 Å². The molecule has 0 saturated heterocycles. The van der Waals surface area contributed by atoms with Gasteiger partial charge in [-0.3, -0.25) is 0 Å².